The number of phenols is 1. The molecular weight excluding hydrogens is 426 g/mol. The van der Waals surface area contributed by atoms with Crippen molar-refractivity contribution < 1.29 is 9.84 Å². The molecule has 0 saturated carbocycles. The summed E-state index contributed by atoms with van der Waals surface area (Å²) in [7, 11) is 0. The van der Waals surface area contributed by atoms with E-state index in [1.807, 2.05) is 55.2 Å². The summed E-state index contributed by atoms with van der Waals surface area (Å²) in [5.74, 6) is 1.69. The Morgan fingerprint density at radius 1 is 1.33 bits per heavy atom. The number of hydrogen-bond donors (Lipinski definition) is 1. The number of halogens is 1. The molecule has 142 valence electrons. The Balaban J connectivity index is 1.82. The summed E-state index contributed by atoms with van der Waals surface area (Å²) < 4.78 is 6.30. The number of aliphatic imine (C=N–C) groups is 1. The number of hydrogen-bond acceptors (Lipinski definition) is 6. The minimum atomic E-state index is -0.0750. The van der Waals surface area contributed by atoms with Crippen LogP contribution in [0.25, 0.3) is 0 Å². The van der Waals surface area contributed by atoms with E-state index in [0.29, 0.717) is 22.9 Å². The van der Waals surface area contributed by atoms with Gasteiger partial charge in [0.2, 0.25) is 0 Å². The predicted octanol–water partition coefficient (Wildman–Crippen LogP) is 4.93. The largest absolute Gasteiger partial charge is 0.503 e. The first-order chi connectivity index (χ1) is 13.1. The van der Waals surface area contributed by atoms with E-state index in [9.17, 15) is 5.11 Å². The Morgan fingerprint density at radius 3 is 2.89 bits per heavy atom. The van der Waals surface area contributed by atoms with Gasteiger partial charge in [-0.2, -0.15) is 0 Å². The monoisotopic (exact) mass is 447 g/mol. The zero-order chi connectivity index (χ0) is 19.0. The highest BCUT2D eigenvalue weighted by Gasteiger charge is 2.45. The van der Waals surface area contributed by atoms with Crippen molar-refractivity contribution in [2.45, 2.75) is 38.4 Å². The quantitative estimate of drug-likeness (QED) is 0.703. The van der Waals surface area contributed by atoms with Crippen LogP contribution >= 0.6 is 27.7 Å². The molecule has 0 unspecified atom stereocenters. The third-order valence-electron chi connectivity index (χ3n) is 5.02. The third-order valence-corrected chi connectivity index (χ3v) is 6.75. The molecule has 0 aliphatic carbocycles. The fourth-order valence-electron chi connectivity index (χ4n) is 3.74. The fourth-order valence-corrected chi connectivity index (χ4v) is 5.54. The molecule has 0 bridgehead atoms. The molecule has 1 aromatic carbocycles. The van der Waals surface area contributed by atoms with Gasteiger partial charge in [0.05, 0.1) is 22.8 Å². The van der Waals surface area contributed by atoms with Crippen molar-refractivity contribution in [2.24, 2.45) is 4.99 Å². The van der Waals surface area contributed by atoms with E-state index >= 15 is 0 Å². The van der Waals surface area contributed by atoms with Gasteiger partial charge in [-0.05, 0) is 59.1 Å². The number of nitrogens with zero attached hydrogens (tertiary/aromatic N) is 3. The topological polar surface area (TPSA) is 58.0 Å². The van der Waals surface area contributed by atoms with E-state index in [1.54, 1.807) is 0 Å². The van der Waals surface area contributed by atoms with E-state index in [2.05, 4.69) is 32.7 Å². The first kappa shape index (κ1) is 18.6. The number of thioether (sulfide) groups is 1. The van der Waals surface area contributed by atoms with Crippen molar-refractivity contribution in [1.29, 1.82) is 0 Å². The first-order valence-electron chi connectivity index (χ1n) is 9.19. The minimum absolute atomic E-state index is 0.0333. The second kappa shape index (κ2) is 7.72. The van der Waals surface area contributed by atoms with Gasteiger partial charge in [-0.15, -0.1) is 0 Å². The average molecular weight is 448 g/mol. The first-order valence-corrected chi connectivity index (χ1v) is 11.0. The van der Waals surface area contributed by atoms with E-state index in [4.69, 9.17) is 9.73 Å². The molecule has 1 N–H and O–H groups in total. The maximum absolute atomic E-state index is 10.3. The van der Waals surface area contributed by atoms with Gasteiger partial charge in [0.15, 0.2) is 16.7 Å². The molecule has 5 nitrogen and oxygen atoms in total. The number of phenolic OH excluding ortho intramolecular Hbond substituents is 1. The van der Waals surface area contributed by atoms with Crippen LogP contribution in [0.4, 0.5) is 0 Å². The zero-order valence-corrected chi connectivity index (χ0v) is 17.7. The van der Waals surface area contributed by atoms with Gasteiger partial charge in [-0.1, -0.05) is 24.8 Å². The maximum atomic E-state index is 10.3. The lowest BCUT2D eigenvalue weighted by molar-refractivity contribution is 0.253. The summed E-state index contributed by atoms with van der Waals surface area (Å²) in [6.45, 7) is 4.63. The minimum Gasteiger partial charge on any atom is -0.503 e. The van der Waals surface area contributed by atoms with Crippen molar-refractivity contribution in [3.63, 3.8) is 0 Å². The number of pyridine rings is 1. The van der Waals surface area contributed by atoms with Gasteiger partial charge in [0.1, 0.15) is 6.04 Å². The van der Waals surface area contributed by atoms with Crippen molar-refractivity contribution in [3.8, 4) is 11.5 Å². The van der Waals surface area contributed by atoms with Crippen LogP contribution in [0, 0.1) is 0 Å². The van der Waals surface area contributed by atoms with Crippen LogP contribution in [0.1, 0.15) is 43.6 Å². The highest BCUT2D eigenvalue weighted by atomic mass is 79.9. The molecule has 0 spiro atoms. The van der Waals surface area contributed by atoms with Crippen LogP contribution in [0.15, 0.2) is 46.0 Å². The number of ether oxygens (including phenoxy) is 1. The van der Waals surface area contributed by atoms with Gasteiger partial charge in [-0.25, -0.2) is 0 Å². The SMILES string of the molecule is CCOc1cc([C@H]2[C@H](c3ccccn3)N=C3SC[C@@H](CC)N32)cc(Br)c1O. The summed E-state index contributed by atoms with van der Waals surface area (Å²) in [4.78, 5) is 12.0. The molecular formula is C20H22BrN3O2S. The van der Waals surface area contributed by atoms with Crippen LogP contribution < -0.4 is 4.74 Å². The van der Waals surface area contributed by atoms with E-state index in [0.717, 1.165) is 28.6 Å². The van der Waals surface area contributed by atoms with Gasteiger partial charge in [0.25, 0.3) is 0 Å². The number of aromatic hydroxyl groups is 1. The molecule has 1 aromatic heterocycles. The molecule has 0 amide bonds. The Bertz CT molecular complexity index is 862. The summed E-state index contributed by atoms with van der Waals surface area (Å²) in [5.41, 5.74) is 2.03. The van der Waals surface area contributed by atoms with Crippen molar-refractivity contribution in [3.05, 3.63) is 52.3 Å². The Kier molecular flexibility index (Phi) is 5.32. The third kappa shape index (κ3) is 3.31. The summed E-state index contributed by atoms with van der Waals surface area (Å²) in [6, 6.07) is 10.3. The van der Waals surface area contributed by atoms with E-state index in [1.165, 1.54) is 0 Å². The lowest BCUT2D eigenvalue weighted by atomic mass is 9.95. The Labute approximate surface area is 172 Å². The molecule has 2 aliphatic rings. The van der Waals surface area contributed by atoms with Gasteiger partial charge in [-0.3, -0.25) is 9.98 Å². The number of aromatic nitrogens is 1. The molecule has 3 atom stereocenters. The highest BCUT2D eigenvalue weighted by molar-refractivity contribution is 9.10. The van der Waals surface area contributed by atoms with Crippen LogP contribution in [0.5, 0.6) is 11.5 Å². The lowest BCUT2D eigenvalue weighted by Crippen LogP contribution is -2.35. The molecule has 1 fully saturated rings. The van der Waals surface area contributed by atoms with Gasteiger partial charge in [0, 0.05) is 18.0 Å². The van der Waals surface area contributed by atoms with Gasteiger partial charge >= 0.3 is 0 Å². The van der Waals surface area contributed by atoms with Gasteiger partial charge < -0.3 is 14.7 Å². The standard InChI is InChI=1S/C20H22BrN3O2S/c1-3-13-11-27-20-23-17(15-7-5-6-8-22-15)18(24(13)20)12-9-14(21)19(25)16(10-12)26-4-2/h5-10,13,17-18,25H,3-4,11H2,1-2H3/t13-,17+,18+/m1/s1. The van der Waals surface area contributed by atoms with Crippen LogP contribution in [0.2, 0.25) is 0 Å². The molecule has 4 rings (SSSR count). The van der Waals surface area contributed by atoms with E-state index in [-0.39, 0.29) is 17.8 Å². The van der Waals surface area contributed by atoms with Crippen molar-refractivity contribution in [1.82, 2.24) is 9.88 Å². The molecule has 2 aliphatic heterocycles. The van der Waals surface area contributed by atoms with Crippen LogP contribution in [-0.2, 0) is 0 Å². The molecule has 2 aromatic rings. The zero-order valence-electron chi connectivity index (χ0n) is 15.3. The van der Waals surface area contributed by atoms with Crippen molar-refractivity contribution >= 4 is 32.9 Å². The highest BCUT2D eigenvalue weighted by Crippen LogP contribution is 2.50. The number of rotatable bonds is 5. The summed E-state index contributed by atoms with van der Waals surface area (Å²) in [5, 5.41) is 11.4. The molecule has 7 heteroatoms. The number of fused-ring (bicyclic) bond motifs is 1. The average Bonchev–Trinajstić information content (AvgIpc) is 3.25. The normalized spacial score (nSPS) is 24.0. The van der Waals surface area contributed by atoms with Crippen LogP contribution in [-0.4, -0.2) is 38.6 Å². The maximum Gasteiger partial charge on any atom is 0.172 e. The summed E-state index contributed by atoms with van der Waals surface area (Å²) in [6.07, 6.45) is 2.88. The van der Waals surface area contributed by atoms with Crippen molar-refractivity contribution in [2.75, 3.05) is 12.4 Å². The second-order valence-electron chi connectivity index (χ2n) is 6.62. The molecule has 27 heavy (non-hydrogen) atoms. The molecule has 0 radical (unpaired) electrons. The number of amidine groups is 1. The van der Waals surface area contributed by atoms with Crippen LogP contribution in [0.3, 0.4) is 0 Å². The smallest absolute Gasteiger partial charge is 0.172 e. The summed E-state index contributed by atoms with van der Waals surface area (Å²) >= 11 is 5.31. The predicted molar refractivity (Wildman–Crippen MR) is 113 cm³/mol. The Hall–Kier alpha value is -1.73. The molecule has 3 heterocycles. The van der Waals surface area contributed by atoms with E-state index < -0.39 is 0 Å². The lowest BCUT2D eigenvalue weighted by Gasteiger charge is -2.32. The molecule has 1 saturated heterocycles. The fraction of sp³-hybridized carbons (Fsp3) is 0.400. The Morgan fingerprint density at radius 2 is 2.19 bits per heavy atom. The number of benzene rings is 1. The second-order valence-corrected chi connectivity index (χ2v) is 8.46.